The number of aromatic nitrogens is 1. The molecule has 16 heteroatoms. The topological polar surface area (TPSA) is 118 Å². The normalized spacial score (nSPS) is 16.1. The summed E-state index contributed by atoms with van der Waals surface area (Å²) in [5.74, 6) is -1.48. The molecule has 218 valence electrons. The minimum absolute atomic E-state index is 0.0982. The van der Waals surface area contributed by atoms with E-state index in [-0.39, 0.29) is 27.9 Å². The number of aliphatic hydroxyl groups is 1. The van der Waals surface area contributed by atoms with Crippen LogP contribution in [0.15, 0.2) is 23.1 Å². The van der Waals surface area contributed by atoms with Gasteiger partial charge >= 0.3 is 12.5 Å². The van der Waals surface area contributed by atoms with E-state index in [1.165, 1.54) is 18.6 Å². The summed E-state index contributed by atoms with van der Waals surface area (Å²) < 4.78 is 109. The first-order chi connectivity index (χ1) is 17.7. The molecular formula is C23H27F6N3O5S2. The Kier molecular flexibility index (Phi) is 8.94. The molecule has 3 N–H and O–H groups in total. The number of amides is 1. The molecule has 1 aliphatic rings. The number of alkyl halides is 6. The molecule has 0 saturated heterocycles. The molecule has 1 aromatic heterocycles. The Morgan fingerprint density at radius 3 is 2.36 bits per heavy atom. The lowest BCUT2D eigenvalue weighted by Gasteiger charge is -2.25. The molecule has 39 heavy (non-hydrogen) atoms. The lowest BCUT2D eigenvalue weighted by molar-refractivity contribution is -0.274. The van der Waals surface area contributed by atoms with Gasteiger partial charge in [0.15, 0.2) is 5.01 Å². The first-order valence-electron chi connectivity index (χ1n) is 11.7. The molecule has 0 spiro atoms. The van der Waals surface area contributed by atoms with E-state index in [4.69, 9.17) is 0 Å². The number of hydrogen-bond donors (Lipinski definition) is 3. The van der Waals surface area contributed by atoms with Crippen LogP contribution in [0.5, 0.6) is 5.75 Å². The highest BCUT2D eigenvalue weighted by atomic mass is 32.2. The van der Waals surface area contributed by atoms with Crippen molar-refractivity contribution in [2.45, 2.75) is 75.5 Å². The molecule has 1 amide bonds. The van der Waals surface area contributed by atoms with Crippen LogP contribution in [0, 0.1) is 5.92 Å². The van der Waals surface area contributed by atoms with Crippen molar-refractivity contribution in [2.24, 2.45) is 5.92 Å². The Morgan fingerprint density at radius 2 is 1.85 bits per heavy atom. The molecular weight excluding hydrogens is 576 g/mol. The van der Waals surface area contributed by atoms with E-state index in [1.54, 1.807) is 0 Å². The predicted octanol–water partition coefficient (Wildman–Crippen LogP) is 4.78. The van der Waals surface area contributed by atoms with Crippen LogP contribution in [0.25, 0.3) is 10.4 Å². The summed E-state index contributed by atoms with van der Waals surface area (Å²) in [7, 11) is -4.89. The standard InChI is InChI=1S/C23H27F6N3O5S2/c1-12(22(24,25)26)32-39(35,36)14-7-8-15(17(10-14)37-23(27,28)29)18-16(9-13-5-4-6-13)31-20(38-18)19(33)30-11-21(2,3)34/h7-8,10,12-13,32,34H,4-6,9,11H2,1-3H3,(H,30,33). The van der Waals surface area contributed by atoms with Gasteiger partial charge in [0.2, 0.25) is 10.0 Å². The molecule has 1 saturated carbocycles. The van der Waals surface area contributed by atoms with Gasteiger partial charge in [0, 0.05) is 18.2 Å². The van der Waals surface area contributed by atoms with E-state index < -0.39 is 50.8 Å². The highest BCUT2D eigenvalue weighted by Gasteiger charge is 2.40. The molecule has 0 bridgehead atoms. The lowest BCUT2D eigenvalue weighted by atomic mass is 9.82. The molecule has 1 aromatic carbocycles. The number of thiazole rings is 1. The average molecular weight is 604 g/mol. The Balaban J connectivity index is 2.07. The highest BCUT2D eigenvalue weighted by Crippen LogP contribution is 2.42. The minimum Gasteiger partial charge on any atom is -0.405 e. The summed E-state index contributed by atoms with van der Waals surface area (Å²) in [6.45, 7) is 3.34. The van der Waals surface area contributed by atoms with Crippen molar-refractivity contribution in [2.75, 3.05) is 6.54 Å². The zero-order chi connectivity index (χ0) is 29.4. The summed E-state index contributed by atoms with van der Waals surface area (Å²) in [5, 5.41) is 12.3. The molecule has 1 aliphatic carbocycles. The summed E-state index contributed by atoms with van der Waals surface area (Å²) in [6.07, 6.45) is -7.20. The van der Waals surface area contributed by atoms with Crippen molar-refractivity contribution in [1.29, 1.82) is 0 Å². The van der Waals surface area contributed by atoms with Gasteiger partial charge in [-0.2, -0.15) is 17.9 Å². The zero-order valence-electron chi connectivity index (χ0n) is 21.0. The number of ether oxygens (including phenoxy) is 1. The van der Waals surface area contributed by atoms with E-state index in [0.29, 0.717) is 25.1 Å². The van der Waals surface area contributed by atoms with Crippen LogP contribution in [0.2, 0.25) is 0 Å². The Bertz CT molecular complexity index is 1300. The number of benzene rings is 1. The second-order valence-corrected chi connectivity index (χ2v) is 12.6. The second-order valence-electron chi connectivity index (χ2n) is 9.88. The van der Waals surface area contributed by atoms with Gasteiger partial charge in [-0.25, -0.2) is 13.4 Å². The number of hydrogen-bond acceptors (Lipinski definition) is 7. The smallest absolute Gasteiger partial charge is 0.405 e. The van der Waals surface area contributed by atoms with E-state index in [2.05, 4.69) is 15.0 Å². The predicted molar refractivity (Wildman–Crippen MR) is 130 cm³/mol. The maximum Gasteiger partial charge on any atom is 0.573 e. The number of nitrogens with one attached hydrogen (secondary N) is 2. The molecule has 1 unspecified atom stereocenters. The van der Waals surface area contributed by atoms with Gasteiger partial charge in [-0.15, -0.1) is 24.5 Å². The molecule has 1 atom stereocenters. The third-order valence-electron chi connectivity index (χ3n) is 5.84. The first kappa shape index (κ1) is 31.1. The fourth-order valence-electron chi connectivity index (χ4n) is 3.57. The molecule has 0 radical (unpaired) electrons. The molecule has 1 heterocycles. The van der Waals surface area contributed by atoms with Crippen molar-refractivity contribution in [1.82, 2.24) is 15.0 Å². The van der Waals surface area contributed by atoms with Gasteiger partial charge in [-0.3, -0.25) is 4.79 Å². The van der Waals surface area contributed by atoms with Crippen LogP contribution in [0.4, 0.5) is 26.3 Å². The minimum atomic E-state index is -5.27. The highest BCUT2D eigenvalue weighted by molar-refractivity contribution is 7.89. The van der Waals surface area contributed by atoms with Crippen LogP contribution in [0.1, 0.15) is 55.5 Å². The second kappa shape index (κ2) is 11.2. The Morgan fingerprint density at radius 1 is 1.21 bits per heavy atom. The number of carbonyl (C=O) groups is 1. The Hall–Kier alpha value is -2.43. The summed E-state index contributed by atoms with van der Waals surface area (Å²) >= 11 is 0.749. The van der Waals surface area contributed by atoms with Crippen molar-refractivity contribution in [3.05, 3.63) is 28.9 Å². The van der Waals surface area contributed by atoms with Gasteiger partial charge in [-0.1, -0.05) is 19.3 Å². The van der Waals surface area contributed by atoms with Crippen molar-refractivity contribution >= 4 is 27.3 Å². The molecule has 2 aromatic rings. The lowest BCUT2D eigenvalue weighted by Crippen LogP contribution is -2.42. The summed E-state index contributed by atoms with van der Waals surface area (Å²) in [6, 6.07) is -0.195. The fraction of sp³-hybridized carbons (Fsp3) is 0.565. The van der Waals surface area contributed by atoms with E-state index in [1.807, 2.05) is 0 Å². The van der Waals surface area contributed by atoms with Gasteiger partial charge in [0.25, 0.3) is 5.91 Å². The van der Waals surface area contributed by atoms with Crippen LogP contribution in [0.3, 0.4) is 0 Å². The largest absolute Gasteiger partial charge is 0.573 e. The number of nitrogens with zero attached hydrogens (tertiary/aromatic N) is 1. The van der Waals surface area contributed by atoms with Gasteiger partial charge in [-0.05, 0) is 45.2 Å². The maximum absolute atomic E-state index is 13.3. The first-order valence-corrected chi connectivity index (χ1v) is 14.0. The van der Waals surface area contributed by atoms with Gasteiger partial charge in [0.05, 0.1) is 21.1 Å². The number of sulfonamides is 1. The quantitative estimate of drug-likeness (QED) is 0.337. The van der Waals surface area contributed by atoms with Crippen LogP contribution >= 0.6 is 11.3 Å². The van der Waals surface area contributed by atoms with E-state index >= 15 is 0 Å². The number of halogens is 6. The van der Waals surface area contributed by atoms with Crippen LogP contribution in [-0.4, -0.2) is 55.1 Å². The maximum atomic E-state index is 13.3. The van der Waals surface area contributed by atoms with Crippen molar-refractivity contribution < 1.29 is 49.4 Å². The Labute approximate surface area is 224 Å². The molecule has 3 rings (SSSR count). The fourth-order valence-corrected chi connectivity index (χ4v) is 5.86. The van der Waals surface area contributed by atoms with Gasteiger partial charge < -0.3 is 15.2 Å². The van der Waals surface area contributed by atoms with Gasteiger partial charge in [0.1, 0.15) is 11.8 Å². The summed E-state index contributed by atoms with van der Waals surface area (Å²) in [4.78, 5) is 16.2. The van der Waals surface area contributed by atoms with E-state index in [0.717, 1.165) is 42.7 Å². The van der Waals surface area contributed by atoms with Crippen LogP contribution in [-0.2, 0) is 16.4 Å². The van der Waals surface area contributed by atoms with E-state index in [9.17, 15) is 44.7 Å². The van der Waals surface area contributed by atoms with Crippen molar-refractivity contribution in [3.8, 4) is 16.2 Å². The van der Waals surface area contributed by atoms with Crippen molar-refractivity contribution in [3.63, 3.8) is 0 Å². The van der Waals surface area contributed by atoms with Crippen LogP contribution < -0.4 is 14.8 Å². The molecule has 8 nitrogen and oxygen atoms in total. The average Bonchev–Trinajstić information content (AvgIpc) is 3.15. The monoisotopic (exact) mass is 603 g/mol. The summed E-state index contributed by atoms with van der Waals surface area (Å²) in [5.41, 5.74) is -1.18. The number of carbonyl (C=O) groups excluding carboxylic acids is 1. The molecule has 1 fully saturated rings. The molecule has 0 aliphatic heterocycles. The zero-order valence-corrected chi connectivity index (χ0v) is 22.7. The third-order valence-corrected chi connectivity index (χ3v) is 8.50. The SMILES string of the molecule is CC(NS(=O)(=O)c1ccc(-c2sc(C(=O)NCC(C)(C)O)nc2CC2CCC2)c(OC(F)(F)F)c1)C(F)(F)F. The number of rotatable bonds is 10. The third kappa shape index (κ3) is 8.53.